The Labute approximate surface area is 177 Å². The molecule has 0 fully saturated rings. The van der Waals surface area contributed by atoms with Gasteiger partial charge in [0.2, 0.25) is 0 Å². The second-order valence-electron chi connectivity index (χ2n) is 5.13. The Bertz CT molecular complexity index is 640. The first-order valence-corrected chi connectivity index (χ1v) is 7.99. The zero-order valence-electron chi connectivity index (χ0n) is 12.7. The van der Waals surface area contributed by atoms with Crippen LogP contribution in [-0.2, 0) is 19.6 Å². The molecule has 0 aliphatic heterocycles. The number of carbonyl (C=O) groups is 2. The van der Waals surface area contributed by atoms with Gasteiger partial charge in [0.05, 0.1) is 28.2 Å². The van der Waals surface area contributed by atoms with Gasteiger partial charge in [0.1, 0.15) is 0 Å². The van der Waals surface area contributed by atoms with Gasteiger partial charge >= 0.3 is 63.3 Å². The van der Waals surface area contributed by atoms with Crippen LogP contribution in [-0.4, -0.2) is 88.5 Å². The third-order valence-electron chi connectivity index (χ3n) is 2.36. The van der Waals surface area contributed by atoms with E-state index in [9.17, 15) is 18.0 Å². The van der Waals surface area contributed by atoms with Gasteiger partial charge in [-0.15, -0.1) is 0 Å². The van der Waals surface area contributed by atoms with E-state index in [2.05, 4.69) is 0 Å². The van der Waals surface area contributed by atoms with Crippen LogP contribution in [0.2, 0.25) is 0 Å². The molecule has 0 aliphatic rings. The summed E-state index contributed by atoms with van der Waals surface area (Å²) in [4.78, 5) is 23.2. The molecule has 9 heteroatoms. The van der Waals surface area contributed by atoms with E-state index in [-0.39, 0.29) is 62.5 Å². The molecule has 0 radical (unpaired) electrons. The monoisotopic (exact) mass is 370 g/mol. The number of ether oxygens (including phenoxy) is 2. The molecule has 0 amide bonds. The third-order valence-corrected chi connectivity index (χ3v) is 3.19. The summed E-state index contributed by atoms with van der Waals surface area (Å²) in [6.07, 6.45) is -0.846. The van der Waals surface area contributed by atoms with Gasteiger partial charge in [0, 0.05) is 0 Å². The first-order valence-electron chi connectivity index (χ1n) is 6.55. The molecular formula is C14H19KO7S. The number of hydrogen-bond acceptors (Lipinski definition) is 6. The molecule has 23 heavy (non-hydrogen) atoms. The van der Waals surface area contributed by atoms with Gasteiger partial charge in [-0.2, -0.15) is 8.42 Å². The summed E-state index contributed by atoms with van der Waals surface area (Å²) in [6.45, 7) is 6.49. The SMILES string of the molecule is CC(C)OC(=O)c1cc(C(=O)OC(C)C)cc(S(=O)(=O)O)c1.[KH]. The molecule has 1 aromatic carbocycles. The van der Waals surface area contributed by atoms with Crippen LogP contribution in [0, 0.1) is 0 Å². The van der Waals surface area contributed by atoms with Crippen molar-refractivity contribution in [3.05, 3.63) is 29.3 Å². The normalized spacial score (nSPS) is 11.1. The molecule has 0 heterocycles. The average molecular weight is 370 g/mol. The van der Waals surface area contributed by atoms with Gasteiger partial charge < -0.3 is 9.47 Å². The first kappa shape index (κ1) is 22.7. The zero-order chi connectivity index (χ0) is 17.1. The van der Waals surface area contributed by atoms with Crippen molar-refractivity contribution in [3.8, 4) is 0 Å². The molecule has 0 unspecified atom stereocenters. The number of carbonyl (C=O) groups excluding carboxylic acids is 2. The molecule has 0 atom stereocenters. The molecule has 1 rings (SSSR count). The van der Waals surface area contributed by atoms with Crippen molar-refractivity contribution in [2.75, 3.05) is 0 Å². The molecule has 0 bridgehead atoms. The molecule has 0 aromatic heterocycles. The summed E-state index contributed by atoms with van der Waals surface area (Å²) < 4.78 is 41.6. The van der Waals surface area contributed by atoms with E-state index in [0.717, 1.165) is 18.2 Å². The van der Waals surface area contributed by atoms with E-state index in [1.807, 2.05) is 0 Å². The molecular weight excluding hydrogens is 351 g/mol. The summed E-state index contributed by atoms with van der Waals surface area (Å²) in [5.74, 6) is -1.61. The maximum absolute atomic E-state index is 11.9. The molecule has 0 aliphatic carbocycles. The predicted octanol–water partition coefficient (Wildman–Crippen LogP) is 1.42. The molecule has 1 N–H and O–H groups in total. The van der Waals surface area contributed by atoms with Crippen molar-refractivity contribution in [2.24, 2.45) is 0 Å². The molecule has 7 nitrogen and oxygen atoms in total. The quantitative estimate of drug-likeness (QED) is 0.474. The number of rotatable bonds is 5. The number of benzene rings is 1. The second kappa shape index (κ2) is 9.26. The van der Waals surface area contributed by atoms with Crippen LogP contribution < -0.4 is 0 Å². The molecule has 1 aromatic rings. The molecule has 0 spiro atoms. The maximum atomic E-state index is 11.9. The topological polar surface area (TPSA) is 107 Å². The second-order valence-corrected chi connectivity index (χ2v) is 6.55. The van der Waals surface area contributed by atoms with Crippen molar-refractivity contribution in [3.63, 3.8) is 0 Å². The Balaban J connectivity index is 0.00000484. The third kappa shape index (κ3) is 7.42. The van der Waals surface area contributed by atoms with Gasteiger partial charge in [-0.25, -0.2) is 9.59 Å². The van der Waals surface area contributed by atoms with E-state index in [1.54, 1.807) is 27.7 Å². The van der Waals surface area contributed by atoms with Gasteiger partial charge in [-0.05, 0) is 45.9 Å². The van der Waals surface area contributed by atoms with Crippen LogP contribution in [0.5, 0.6) is 0 Å². The summed E-state index contributed by atoms with van der Waals surface area (Å²) in [5.41, 5.74) is -0.334. The van der Waals surface area contributed by atoms with Gasteiger partial charge in [0.25, 0.3) is 10.1 Å². The minimum absolute atomic E-state index is 0. The molecule has 0 saturated heterocycles. The standard InChI is InChI=1S/C14H18O7S.K.H/c1-8(2)20-13(15)10-5-11(14(16)21-9(3)4)7-12(6-10)22(17,18)19;;/h5-9H,1-4H3,(H,17,18,19);;. The fourth-order valence-electron chi connectivity index (χ4n) is 1.55. The Kier molecular flexibility index (Phi) is 9.14. The molecule has 0 saturated carbocycles. The van der Waals surface area contributed by atoms with Gasteiger partial charge in [-0.3, -0.25) is 4.55 Å². The fourth-order valence-corrected chi connectivity index (χ4v) is 2.10. The minimum atomic E-state index is -4.59. The Morgan fingerprint density at radius 2 is 1.26 bits per heavy atom. The Morgan fingerprint density at radius 1 is 0.913 bits per heavy atom. The van der Waals surface area contributed by atoms with E-state index in [0.29, 0.717) is 0 Å². The van der Waals surface area contributed by atoms with Gasteiger partial charge in [0.15, 0.2) is 0 Å². The van der Waals surface area contributed by atoms with Crippen molar-refractivity contribution < 1.29 is 32.0 Å². The van der Waals surface area contributed by atoms with Crippen LogP contribution in [0.25, 0.3) is 0 Å². The Hall–Kier alpha value is -0.294. The van der Waals surface area contributed by atoms with Crippen LogP contribution >= 0.6 is 0 Å². The van der Waals surface area contributed by atoms with E-state index in [4.69, 9.17) is 14.0 Å². The van der Waals surface area contributed by atoms with E-state index >= 15 is 0 Å². The summed E-state index contributed by atoms with van der Waals surface area (Å²) in [7, 11) is -4.59. The van der Waals surface area contributed by atoms with Crippen LogP contribution in [0.15, 0.2) is 23.1 Å². The van der Waals surface area contributed by atoms with E-state index < -0.39 is 39.2 Å². The van der Waals surface area contributed by atoms with Crippen LogP contribution in [0.1, 0.15) is 48.4 Å². The van der Waals surface area contributed by atoms with Crippen molar-refractivity contribution in [1.29, 1.82) is 0 Å². The predicted molar refractivity (Wildman–Crippen MR) is 84.5 cm³/mol. The zero-order valence-corrected chi connectivity index (χ0v) is 13.5. The summed E-state index contributed by atoms with van der Waals surface area (Å²) in [5, 5.41) is 0. The van der Waals surface area contributed by atoms with Gasteiger partial charge in [-0.1, -0.05) is 0 Å². The van der Waals surface area contributed by atoms with E-state index in [1.165, 1.54) is 0 Å². The Morgan fingerprint density at radius 3 is 1.52 bits per heavy atom. The van der Waals surface area contributed by atoms with Crippen LogP contribution in [0.3, 0.4) is 0 Å². The van der Waals surface area contributed by atoms with Crippen molar-refractivity contribution in [2.45, 2.75) is 44.8 Å². The first-order chi connectivity index (χ1) is 10.0. The molecule has 124 valence electrons. The van der Waals surface area contributed by atoms with Crippen molar-refractivity contribution in [1.82, 2.24) is 0 Å². The number of esters is 2. The van der Waals surface area contributed by atoms with Crippen LogP contribution in [0.4, 0.5) is 0 Å². The fraction of sp³-hybridized carbons (Fsp3) is 0.429. The van der Waals surface area contributed by atoms with Crippen molar-refractivity contribution >= 4 is 73.4 Å². The summed E-state index contributed by atoms with van der Waals surface area (Å²) in [6, 6.07) is 3.03. The summed E-state index contributed by atoms with van der Waals surface area (Å²) >= 11 is 0. The average Bonchev–Trinajstić information content (AvgIpc) is 2.35. The number of hydrogen-bond donors (Lipinski definition) is 1.